The first kappa shape index (κ1) is 21.4. The van der Waals surface area contributed by atoms with Crippen LogP contribution in [0.25, 0.3) is 0 Å². The number of benzene rings is 1. The zero-order chi connectivity index (χ0) is 21.2. The summed E-state index contributed by atoms with van der Waals surface area (Å²) in [6.07, 6.45) is -3.16. The molecule has 0 aliphatic carbocycles. The van der Waals surface area contributed by atoms with Crippen molar-refractivity contribution >= 4 is 10.0 Å². The van der Waals surface area contributed by atoms with Crippen LogP contribution >= 0.6 is 0 Å². The standard InChI is InChI=1S/C18H19F4N3O3S/c1-2-15-16(19)17(24-11-23-15)28-14-7-8-25(9-14)29(26,27)10-12-3-5-13(6-4-12)18(20,21)22/h3-6,11,14H,2,7-10H2,1H3. The Kier molecular flexibility index (Phi) is 6.08. The van der Waals surface area contributed by atoms with Gasteiger partial charge in [-0.25, -0.2) is 13.4 Å². The molecular formula is C18H19F4N3O3S. The first-order chi connectivity index (χ1) is 13.6. The van der Waals surface area contributed by atoms with Crippen molar-refractivity contribution < 1.29 is 30.7 Å². The maximum atomic E-state index is 14.2. The van der Waals surface area contributed by atoms with Crippen LogP contribution in [0.2, 0.25) is 0 Å². The van der Waals surface area contributed by atoms with Crippen LogP contribution in [0, 0.1) is 5.82 Å². The molecular weight excluding hydrogens is 414 g/mol. The maximum absolute atomic E-state index is 14.2. The van der Waals surface area contributed by atoms with Gasteiger partial charge in [-0.2, -0.15) is 26.9 Å². The zero-order valence-corrected chi connectivity index (χ0v) is 16.3. The van der Waals surface area contributed by atoms with E-state index in [2.05, 4.69) is 9.97 Å². The number of nitrogens with zero attached hydrogens (tertiary/aromatic N) is 3. The van der Waals surface area contributed by atoms with Crippen LogP contribution < -0.4 is 4.74 Å². The van der Waals surface area contributed by atoms with E-state index in [1.807, 2.05) is 0 Å². The van der Waals surface area contributed by atoms with Crippen LogP contribution in [-0.2, 0) is 28.4 Å². The number of ether oxygens (including phenoxy) is 1. The predicted octanol–water partition coefficient (Wildman–Crippen LogP) is 3.18. The van der Waals surface area contributed by atoms with Gasteiger partial charge in [0.2, 0.25) is 15.8 Å². The molecule has 1 aliphatic heterocycles. The summed E-state index contributed by atoms with van der Waals surface area (Å²) in [5.74, 6) is -1.32. The minimum atomic E-state index is -4.48. The summed E-state index contributed by atoms with van der Waals surface area (Å²) in [4.78, 5) is 7.58. The summed E-state index contributed by atoms with van der Waals surface area (Å²) >= 11 is 0. The van der Waals surface area contributed by atoms with Crippen molar-refractivity contribution in [1.82, 2.24) is 14.3 Å². The van der Waals surface area contributed by atoms with Gasteiger partial charge in [-0.3, -0.25) is 0 Å². The highest BCUT2D eigenvalue weighted by atomic mass is 32.2. The van der Waals surface area contributed by atoms with E-state index in [9.17, 15) is 26.0 Å². The van der Waals surface area contributed by atoms with Gasteiger partial charge in [0.15, 0.2) is 0 Å². The Morgan fingerprint density at radius 2 is 1.90 bits per heavy atom. The van der Waals surface area contributed by atoms with Crippen molar-refractivity contribution in [3.63, 3.8) is 0 Å². The number of halogens is 4. The molecule has 158 valence electrons. The SMILES string of the molecule is CCc1ncnc(OC2CCN(S(=O)(=O)Cc3ccc(C(F)(F)F)cc3)C2)c1F. The Morgan fingerprint density at radius 1 is 1.21 bits per heavy atom. The molecule has 2 aromatic rings. The molecule has 3 rings (SSSR count). The number of rotatable bonds is 6. The Bertz CT molecular complexity index is 965. The van der Waals surface area contributed by atoms with Gasteiger partial charge in [0.25, 0.3) is 5.88 Å². The van der Waals surface area contributed by atoms with E-state index in [-0.39, 0.29) is 30.2 Å². The highest BCUT2D eigenvalue weighted by molar-refractivity contribution is 7.88. The minimum Gasteiger partial charge on any atom is -0.471 e. The number of sulfonamides is 1. The van der Waals surface area contributed by atoms with E-state index in [0.29, 0.717) is 12.8 Å². The topological polar surface area (TPSA) is 72.4 Å². The molecule has 0 spiro atoms. The molecule has 1 unspecified atom stereocenters. The smallest absolute Gasteiger partial charge is 0.416 e. The second-order valence-electron chi connectivity index (χ2n) is 6.63. The highest BCUT2D eigenvalue weighted by Gasteiger charge is 2.34. The summed E-state index contributed by atoms with van der Waals surface area (Å²) in [7, 11) is -3.76. The normalized spacial score (nSPS) is 18.2. The van der Waals surface area contributed by atoms with E-state index in [0.717, 1.165) is 24.3 Å². The van der Waals surface area contributed by atoms with Crippen molar-refractivity contribution in [2.45, 2.75) is 37.8 Å². The third-order valence-corrected chi connectivity index (χ3v) is 6.39. The molecule has 6 nitrogen and oxygen atoms in total. The fourth-order valence-corrected chi connectivity index (χ4v) is 4.59. The third-order valence-electron chi connectivity index (χ3n) is 4.57. The first-order valence-electron chi connectivity index (χ1n) is 8.90. The fourth-order valence-electron chi connectivity index (χ4n) is 3.01. The second-order valence-corrected chi connectivity index (χ2v) is 8.60. The average molecular weight is 433 g/mol. The maximum Gasteiger partial charge on any atom is 0.416 e. The van der Waals surface area contributed by atoms with Gasteiger partial charge in [0.05, 0.1) is 23.6 Å². The van der Waals surface area contributed by atoms with Gasteiger partial charge in [0, 0.05) is 6.54 Å². The summed E-state index contributed by atoms with van der Waals surface area (Å²) in [5, 5.41) is 0. The largest absolute Gasteiger partial charge is 0.471 e. The number of aryl methyl sites for hydroxylation is 1. The molecule has 1 aromatic heterocycles. The predicted molar refractivity (Wildman–Crippen MR) is 96.0 cm³/mol. The molecule has 11 heteroatoms. The number of alkyl halides is 3. The number of aromatic nitrogens is 2. The molecule has 1 fully saturated rings. The van der Waals surface area contributed by atoms with Crippen LogP contribution in [0.1, 0.15) is 30.2 Å². The van der Waals surface area contributed by atoms with Crippen molar-refractivity contribution in [3.05, 3.63) is 53.2 Å². The van der Waals surface area contributed by atoms with E-state index >= 15 is 0 Å². The van der Waals surface area contributed by atoms with Gasteiger partial charge in [-0.15, -0.1) is 0 Å². The average Bonchev–Trinajstić information content (AvgIpc) is 3.12. The van der Waals surface area contributed by atoms with Crippen LogP contribution in [0.5, 0.6) is 5.88 Å². The Morgan fingerprint density at radius 3 is 2.52 bits per heavy atom. The molecule has 2 heterocycles. The molecule has 1 aliphatic rings. The molecule has 0 saturated carbocycles. The summed E-state index contributed by atoms with van der Waals surface area (Å²) in [6, 6.07) is 3.99. The second kappa shape index (κ2) is 8.23. The highest BCUT2D eigenvalue weighted by Crippen LogP contribution is 2.30. The lowest BCUT2D eigenvalue weighted by Crippen LogP contribution is -2.32. The Labute approximate surface area is 165 Å². The van der Waals surface area contributed by atoms with Crippen LogP contribution in [0.3, 0.4) is 0 Å². The molecule has 0 radical (unpaired) electrons. The fraction of sp³-hybridized carbons (Fsp3) is 0.444. The van der Waals surface area contributed by atoms with Gasteiger partial charge in [-0.1, -0.05) is 19.1 Å². The van der Waals surface area contributed by atoms with E-state index in [1.165, 1.54) is 10.6 Å². The minimum absolute atomic E-state index is 0.00781. The summed E-state index contributed by atoms with van der Waals surface area (Å²) in [5.41, 5.74) is -0.386. The summed E-state index contributed by atoms with van der Waals surface area (Å²) < 4.78 is 84.0. The molecule has 1 saturated heterocycles. The van der Waals surface area contributed by atoms with Crippen molar-refractivity contribution in [3.8, 4) is 5.88 Å². The molecule has 0 amide bonds. The Balaban J connectivity index is 1.64. The molecule has 29 heavy (non-hydrogen) atoms. The lowest BCUT2D eigenvalue weighted by Gasteiger charge is -2.17. The van der Waals surface area contributed by atoms with Crippen molar-refractivity contribution in [2.24, 2.45) is 0 Å². The van der Waals surface area contributed by atoms with E-state index in [4.69, 9.17) is 4.74 Å². The Hall–Kier alpha value is -2.27. The van der Waals surface area contributed by atoms with Crippen LogP contribution in [0.4, 0.5) is 17.6 Å². The van der Waals surface area contributed by atoms with Crippen molar-refractivity contribution in [1.29, 1.82) is 0 Å². The van der Waals surface area contributed by atoms with Gasteiger partial charge in [-0.05, 0) is 30.5 Å². The lowest BCUT2D eigenvalue weighted by atomic mass is 10.1. The quantitative estimate of drug-likeness (QED) is 0.655. The molecule has 0 bridgehead atoms. The number of hydrogen-bond donors (Lipinski definition) is 0. The van der Waals surface area contributed by atoms with Crippen LogP contribution in [0.15, 0.2) is 30.6 Å². The third kappa shape index (κ3) is 5.02. The van der Waals surface area contributed by atoms with Gasteiger partial charge >= 0.3 is 6.18 Å². The first-order valence-corrected chi connectivity index (χ1v) is 10.5. The summed E-state index contributed by atoms with van der Waals surface area (Å²) in [6.45, 7) is 1.91. The van der Waals surface area contributed by atoms with Gasteiger partial charge < -0.3 is 4.74 Å². The van der Waals surface area contributed by atoms with Crippen LogP contribution in [-0.4, -0.2) is 41.9 Å². The zero-order valence-electron chi connectivity index (χ0n) is 15.5. The molecule has 1 aromatic carbocycles. The monoisotopic (exact) mass is 433 g/mol. The van der Waals surface area contributed by atoms with E-state index in [1.54, 1.807) is 6.92 Å². The van der Waals surface area contributed by atoms with Gasteiger partial charge in [0.1, 0.15) is 12.4 Å². The van der Waals surface area contributed by atoms with Crippen molar-refractivity contribution in [2.75, 3.05) is 13.1 Å². The lowest BCUT2D eigenvalue weighted by molar-refractivity contribution is -0.137. The van der Waals surface area contributed by atoms with E-state index < -0.39 is 39.4 Å². The number of hydrogen-bond acceptors (Lipinski definition) is 5. The molecule has 1 atom stereocenters. The molecule has 0 N–H and O–H groups in total.